The summed E-state index contributed by atoms with van der Waals surface area (Å²) < 4.78 is 9.20. The van der Waals surface area contributed by atoms with E-state index in [9.17, 15) is 9.59 Å². The van der Waals surface area contributed by atoms with Crippen LogP contribution in [0.5, 0.6) is 0 Å². The Balaban J connectivity index is -0.000000266. The molecule has 0 bridgehead atoms. The van der Waals surface area contributed by atoms with E-state index in [1.54, 1.807) is 6.92 Å². The number of halogens is 2. The maximum absolute atomic E-state index is 10.6. The molecule has 0 N–H and O–H groups in total. The largest absolute Gasteiger partial charge is 0.299 e. The molecule has 8 heteroatoms. The molecule has 49 heavy (non-hydrogen) atoms. The van der Waals surface area contributed by atoms with Crippen LogP contribution in [0.15, 0.2) is 150 Å². The van der Waals surface area contributed by atoms with Gasteiger partial charge in [-0.1, -0.05) is 177 Å². The highest BCUT2D eigenvalue weighted by molar-refractivity contribution is 9.10. The Kier molecular flexibility index (Phi) is 31.8. The van der Waals surface area contributed by atoms with Crippen LogP contribution in [0, 0.1) is 0 Å². The van der Waals surface area contributed by atoms with Crippen molar-refractivity contribution in [1.82, 2.24) is 8.75 Å². The molecule has 264 valence electrons. The first-order valence-electron chi connectivity index (χ1n) is 13.0. The quantitative estimate of drug-likeness (QED) is 0.0992. The Morgan fingerprint density at radius 1 is 0.633 bits per heavy atom. The second-order valence-corrected chi connectivity index (χ2v) is 11.4. The molecule has 0 unspecified atom stereocenters. The zero-order valence-corrected chi connectivity index (χ0v) is 27.2. The van der Waals surface area contributed by atoms with Gasteiger partial charge in [0.2, 0.25) is 0 Å². The lowest BCUT2D eigenvalue weighted by Crippen LogP contribution is -1.88. The fourth-order valence-electron chi connectivity index (χ4n) is 3.40. The summed E-state index contributed by atoms with van der Waals surface area (Å²) >= 11 is 12.2. The number of ketones is 1. The first kappa shape index (κ1) is 51.8. The molecule has 2 aromatic heterocycles. The van der Waals surface area contributed by atoms with E-state index in [0.29, 0.717) is 11.3 Å². The van der Waals surface area contributed by atoms with Crippen LogP contribution in [0.2, 0.25) is 0 Å². The summed E-state index contributed by atoms with van der Waals surface area (Å²) in [7, 11) is 0. The standard InChI is InChI=1S/C9H6BrNS.C9H7ClO.C9H7NS.C8H8O.6CH4/c10-8-6-11-12-9(8)7-4-2-1-3-5-7;10-9(6-7-11)8-4-2-1-3-5-8;1-2-4-8(5-3-1)9-6-7-10-11-9;1-7(9)8-5-3-2-4-6-8;;;;;;/h1-6H;2*1-7H;2-6H,1H3;6*1H4/b;9-6-;;;;;;;;. The van der Waals surface area contributed by atoms with Crippen molar-refractivity contribution in [2.75, 3.05) is 0 Å². The summed E-state index contributed by atoms with van der Waals surface area (Å²) in [6.45, 7) is 1.56. The number of aldehydes is 1. The van der Waals surface area contributed by atoms with E-state index in [1.165, 1.54) is 50.0 Å². The minimum atomic E-state index is 0. The SMILES string of the molecule is Brc1cnsc1-c1ccccc1.C.C.C.C.C.C.CC(=O)c1ccccc1.O=C/C=C(\Cl)c1ccccc1.c1ccc(-c2ccns2)cc1. The van der Waals surface area contributed by atoms with Gasteiger partial charge in [-0.05, 0) is 74.8 Å². The molecule has 0 saturated carbocycles. The Morgan fingerprint density at radius 3 is 1.45 bits per heavy atom. The molecule has 0 atom stereocenters. The highest BCUT2D eigenvalue weighted by atomic mass is 79.9. The monoisotopic (exact) mass is 782 g/mol. The third-order valence-corrected chi connectivity index (χ3v) is 8.36. The molecule has 0 aliphatic carbocycles. The second kappa shape index (κ2) is 30.1. The van der Waals surface area contributed by atoms with Gasteiger partial charge in [0.1, 0.15) is 6.29 Å². The number of allylic oxidation sites excluding steroid dienone is 1. The maximum Gasteiger partial charge on any atom is 0.159 e. The van der Waals surface area contributed by atoms with Gasteiger partial charge in [0, 0.05) is 11.8 Å². The van der Waals surface area contributed by atoms with Crippen molar-refractivity contribution in [2.45, 2.75) is 51.5 Å². The third-order valence-electron chi connectivity index (χ3n) is 5.50. The zero-order chi connectivity index (χ0) is 30.7. The molecule has 6 rings (SSSR count). The molecule has 2 heterocycles. The average Bonchev–Trinajstić information content (AvgIpc) is 3.76. The first-order chi connectivity index (χ1) is 21.0. The van der Waals surface area contributed by atoms with Gasteiger partial charge in [-0.15, -0.1) is 0 Å². The third kappa shape index (κ3) is 18.9. The number of carbonyl (C=O) groups is 2. The number of nitrogens with zero attached hydrogens (tertiary/aromatic N) is 2. The molecule has 0 fully saturated rings. The normalized spacial score (nSPS) is 8.84. The summed E-state index contributed by atoms with van der Waals surface area (Å²) in [5.74, 6) is 0.121. The fourth-order valence-corrected chi connectivity index (χ4v) is 5.51. The number of Topliss-reactive ketones (excluding diaryl/α,β-unsaturated/α-hetero) is 1. The summed E-state index contributed by atoms with van der Waals surface area (Å²) in [5, 5.41) is 0.473. The molecule has 0 aliphatic rings. The van der Waals surface area contributed by atoms with Gasteiger partial charge < -0.3 is 0 Å². The predicted molar refractivity (Wildman–Crippen MR) is 226 cm³/mol. The van der Waals surface area contributed by atoms with Crippen molar-refractivity contribution in [2.24, 2.45) is 0 Å². The van der Waals surface area contributed by atoms with E-state index in [1.807, 2.05) is 116 Å². The Labute approximate surface area is 318 Å². The summed E-state index contributed by atoms with van der Waals surface area (Å²) in [5.41, 5.74) is 4.10. The first-order valence-corrected chi connectivity index (χ1v) is 15.8. The van der Waals surface area contributed by atoms with Gasteiger partial charge >= 0.3 is 0 Å². The molecule has 0 saturated heterocycles. The lowest BCUT2D eigenvalue weighted by atomic mass is 10.2. The molecular weight excluding hydrogens is 732 g/mol. The van der Waals surface area contributed by atoms with Crippen molar-refractivity contribution in [3.05, 3.63) is 161 Å². The molecule has 6 aromatic rings. The molecule has 0 aliphatic heterocycles. The van der Waals surface area contributed by atoms with Crippen LogP contribution >= 0.6 is 50.6 Å². The summed E-state index contributed by atoms with van der Waals surface area (Å²) in [6, 6.07) is 41.1. The van der Waals surface area contributed by atoms with Crippen LogP contribution in [-0.2, 0) is 4.79 Å². The molecule has 0 radical (unpaired) electrons. The van der Waals surface area contributed by atoms with Crippen LogP contribution < -0.4 is 0 Å². The van der Waals surface area contributed by atoms with Gasteiger partial charge in [0.25, 0.3) is 0 Å². The predicted octanol–water partition coefficient (Wildman–Crippen LogP) is 14.6. The number of hydrogen-bond donors (Lipinski definition) is 0. The minimum absolute atomic E-state index is 0. The number of aromatic nitrogens is 2. The van der Waals surface area contributed by atoms with Crippen LogP contribution in [0.4, 0.5) is 0 Å². The van der Waals surface area contributed by atoms with Crippen LogP contribution in [0.3, 0.4) is 0 Å². The van der Waals surface area contributed by atoms with Crippen LogP contribution in [0.1, 0.15) is 67.4 Å². The fraction of sp³-hybridized carbons (Fsp3) is 0.171. The molecule has 4 aromatic carbocycles. The van der Waals surface area contributed by atoms with Gasteiger partial charge in [-0.3, -0.25) is 9.59 Å². The van der Waals surface area contributed by atoms with Crippen LogP contribution in [0.25, 0.3) is 25.9 Å². The number of rotatable bonds is 5. The van der Waals surface area contributed by atoms with Crippen molar-refractivity contribution in [3.8, 4) is 20.9 Å². The lowest BCUT2D eigenvalue weighted by molar-refractivity contribution is -0.104. The minimum Gasteiger partial charge on any atom is -0.299 e. The Bertz CT molecular complexity index is 1660. The van der Waals surface area contributed by atoms with E-state index in [-0.39, 0.29) is 50.3 Å². The number of benzene rings is 4. The molecule has 0 spiro atoms. The zero-order valence-electron chi connectivity index (χ0n) is 23.2. The number of carbonyl (C=O) groups excluding carboxylic acids is 2. The van der Waals surface area contributed by atoms with Crippen LogP contribution in [-0.4, -0.2) is 20.8 Å². The van der Waals surface area contributed by atoms with Crippen molar-refractivity contribution >= 4 is 67.7 Å². The second-order valence-electron chi connectivity index (χ2n) is 8.55. The van der Waals surface area contributed by atoms with Gasteiger partial charge in [0.05, 0.1) is 25.5 Å². The van der Waals surface area contributed by atoms with E-state index < -0.39 is 0 Å². The topological polar surface area (TPSA) is 59.9 Å². The Hall–Kier alpha value is -4.01. The molecular formula is C41H52BrClN2O2S2. The summed E-state index contributed by atoms with van der Waals surface area (Å²) in [6.07, 6.45) is 5.66. The van der Waals surface area contributed by atoms with Crippen molar-refractivity contribution < 1.29 is 9.59 Å². The van der Waals surface area contributed by atoms with Gasteiger partial charge in [0.15, 0.2) is 5.78 Å². The Morgan fingerprint density at radius 2 is 1.08 bits per heavy atom. The van der Waals surface area contributed by atoms with Crippen molar-refractivity contribution in [3.63, 3.8) is 0 Å². The average molecular weight is 784 g/mol. The van der Waals surface area contributed by atoms with Gasteiger partial charge in [-0.2, -0.15) is 4.37 Å². The maximum atomic E-state index is 10.6. The highest BCUT2D eigenvalue weighted by Gasteiger charge is 2.03. The van der Waals surface area contributed by atoms with E-state index in [0.717, 1.165) is 15.6 Å². The van der Waals surface area contributed by atoms with E-state index in [2.05, 4.69) is 48.9 Å². The smallest absolute Gasteiger partial charge is 0.159 e. The van der Waals surface area contributed by atoms with Crippen molar-refractivity contribution in [1.29, 1.82) is 0 Å². The molecule has 4 nitrogen and oxygen atoms in total. The highest BCUT2D eigenvalue weighted by Crippen LogP contribution is 2.31. The van der Waals surface area contributed by atoms with E-state index >= 15 is 0 Å². The van der Waals surface area contributed by atoms with E-state index in [4.69, 9.17) is 11.6 Å². The summed E-state index contributed by atoms with van der Waals surface area (Å²) in [4.78, 5) is 23.1. The molecule has 0 amide bonds. The van der Waals surface area contributed by atoms with Gasteiger partial charge in [-0.25, -0.2) is 4.37 Å². The number of hydrogen-bond acceptors (Lipinski definition) is 6. The lowest BCUT2D eigenvalue weighted by Gasteiger charge is -1.94.